The fraction of sp³-hybridized carbons (Fsp3) is 0.371. The van der Waals surface area contributed by atoms with Crippen molar-refractivity contribution in [1.29, 1.82) is 0 Å². The summed E-state index contributed by atoms with van der Waals surface area (Å²) in [6, 6.07) is 20.8. The average molecular weight is 647 g/mol. The summed E-state index contributed by atoms with van der Waals surface area (Å²) in [6.45, 7) is 10.3. The van der Waals surface area contributed by atoms with Crippen molar-refractivity contribution in [3.63, 3.8) is 0 Å². The van der Waals surface area contributed by atoms with Crippen LogP contribution < -0.4 is 9.62 Å². The largest absolute Gasteiger partial charge is 0.455 e. The highest BCUT2D eigenvalue weighted by atomic mass is 32.2. The Labute approximate surface area is 271 Å². The van der Waals surface area contributed by atoms with Gasteiger partial charge in [-0.25, -0.2) is 13.2 Å². The minimum Gasteiger partial charge on any atom is -0.455 e. The second-order valence-electron chi connectivity index (χ2n) is 12.6. The number of hydrogen-bond donors (Lipinski definition) is 1. The fourth-order valence-electron chi connectivity index (χ4n) is 5.62. The molecule has 244 valence electrons. The van der Waals surface area contributed by atoms with Gasteiger partial charge in [-0.2, -0.15) is 0 Å². The van der Waals surface area contributed by atoms with Crippen LogP contribution in [0.2, 0.25) is 0 Å². The van der Waals surface area contributed by atoms with Gasteiger partial charge in [0.25, 0.3) is 5.91 Å². The van der Waals surface area contributed by atoms with Crippen molar-refractivity contribution in [1.82, 2.24) is 15.1 Å². The van der Waals surface area contributed by atoms with Crippen LogP contribution in [-0.2, 0) is 14.8 Å². The number of nitrogens with zero attached hydrogens (tertiary/aromatic N) is 3. The normalized spacial score (nSPS) is 14.3. The maximum atomic E-state index is 13.4. The number of carbonyl (C=O) groups excluding carboxylic acids is 2. The number of piperazine rings is 1. The number of aryl methyl sites for hydroxylation is 1. The predicted molar refractivity (Wildman–Crippen MR) is 182 cm³/mol. The Hall–Kier alpha value is -4.35. The smallest absolute Gasteiger partial charge is 0.410 e. The van der Waals surface area contributed by atoms with Crippen LogP contribution in [0.15, 0.2) is 71.1 Å². The molecule has 10 nitrogen and oxygen atoms in total. The molecular weight excluding hydrogens is 604 g/mol. The number of furan rings is 1. The van der Waals surface area contributed by atoms with E-state index in [0.29, 0.717) is 66.3 Å². The molecule has 0 aliphatic carbocycles. The van der Waals surface area contributed by atoms with Gasteiger partial charge in [-0.1, -0.05) is 60.2 Å². The lowest BCUT2D eigenvalue weighted by Crippen LogP contribution is -2.51. The molecule has 1 fully saturated rings. The molecule has 1 aliphatic rings. The number of sulfonamides is 1. The van der Waals surface area contributed by atoms with E-state index in [2.05, 4.69) is 10.2 Å². The second-order valence-corrected chi connectivity index (χ2v) is 14.5. The lowest BCUT2D eigenvalue weighted by molar-refractivity contribution is 0.0148. The first-order valence-corrected chi connectivity index (χ1v) is 17.2. The Morgan fingerprint density at radius 3 is 2.20 bits per heavy atom. The molecule has 1 N–H and O–H groups in total. The van der Waals surface area contributed by atoms with E-state index < -0.39 is 15.6 Å². The number of rotatable bonds is 8. The molecule has 0 spiro atoms. The van der Waals surface area contributed by atoms with Crippen molar-refractivity contribution >= 4 is 38.7 Å². The van der Waals surface area contributed by atoms with E-state index in [1.54, 1.807) is 18.0 Å². The molecule has 11 heteroatoms. The molecule has 5 rings (SSSR count). The van der Waals surface area contributed by atoms with Gasteiger partial charge in [0.2, 0.25) is 10.0 Å². The maximum Gasteiger partial charge on any atom is 0.410 e. The molecule has 0 unspecified atom stereocenters. The quantitative estimate of drug-likeness (QED) is 0.259. The zero-order valence-electron chi connectivity index (χ0n) is 27.3. The first-order chi connectivity index (χ1) is 21.7. The maximum absolute atomic E-state index is 13.4. The zero-order chi connectivity index (χ0) is 33.2. The van der Waals surface area contributed by atoms with E-state index >= 15 is 0 Å². The SMILES string of the molecule is CNC(=O)c1c(-c2ccc(C)cc2)oc2cc(N(CCN3CCN(C(=O)OC(C)(C)C)CC3)S(C)(=O)=O)c(-c3ccccc3)cc12. The highest BCUT2D eigenvalue weighted by Crippen LogP contribution is 2.41. The van der Waals surface area contributed by atoms with Gasteiger partial charge in [0.05, 0.1) is 17.5 Å². The van der Waals surface area contributed by atoms with E-state index in [4.69, 9.17) is 9.15 Å². The van der Waals surface area contributed by atoms with Crippen LogP contribution in [0.4, 0.5) is 10.5 Å². The van der Waals surface area contributed by atoms with Crippen LogP contribution in [0.1, 0.15) is 36.7 Å². The van der Waals surface area contributed by atoms with Crippen LogP contribution in [0, 0.1) is 6.92 Å². The summed E-state index contributed by atoms with van der Waals surface area (Å²) in [5.74, 6) is 0.117. The molecule has 1 aliphatic heterocycles. The molecule has 0 atom stereocenters. The third-order valence-electron chi connectivity index (χ3n) is 7.97. The van der Waals surface area contributed by atoms with Crippen molar-refractivity contribution in [2.75, 3.05) is 56.9 Å². The van der Waals surface area contributed by atoms with Gasteiger partial charge in [-0.15, -0.1) is 0 Å². The number of anilines is 1. The molecule has 4 aromatic rings. The number of nitrogens with one attached hydrogen (secondary N) is 1. The molecule has 0 saturated carbocycles. The number of ether oxygens (including phenoxy) is 1. The number of fused-ring (bicyclic) bond motifs is 1. The zero-order valence-corrected chi connectivity index (χ0v) is 28.1. The lowest BCUT2D eigenvalue weighted by atomic mass is 9.98. The van der Waals surface area contributed by atoms with Crippen LogP contribution in [0.25, 0.3) is 33.4 Å². The average Bonchev–Trinajstić information content (AvgIpc) is 3.38. The summed E-state index contributed by atoms with van der Waals surface area (Å²) >= 11 is 0. The van der Waals surface area contributed by atoms with Crippen molar-refractivity contribution in [2.45, 2.75) is 33.3 Å². The summed E-state index contributed by atoms with van der Waals surface area (Å²) in [7, 11) is -2.17. The van der Waals surface area contributed by atoms with Gasteiger partial charge in [0.1, 0.15) is 16.9 Å². The minimum atomic E-state index is -3.74. The number of hydrogen-bond acceptors (Lipinski definition) is 7. The third-order valence-corrected chi connectivity index (χ3v) is 9.15. The van der Waals surface area contributed by atoms with Crippen molar-refractivity contribution in [3.8, 4) is 22.5 Å². The lowest BCUT2D eigenvalue weighted by Gasteiger charge is -2.36. The van der Waals surface area contributed by atoms with Crippen LogP contribution in [0.3, 0.4) is 0 Å². The Balaban J connectivity index is 1.53. The molecule has 1 aromatic heterocycles. The number of amides is 2. The van der Waals surface area contributed by atoms with Gasteiger partial charge in [0.15, 0.2) is 0 Å². The van der Waals surface area contributed by atoms with E-state index in [0.717, 1.165) is 16.7 Å². The highest BCUT2D eigenvalue weighted by Gasteiger charge is 2.29. The predicted octanol–water partition coefficient (Wildman–Crippen LogP) is 5.75. The van der Waals surface area contributed by atoms with Gasteiger partial charge >= 0.3 is 6.09 Å². The molecule has 2 heterocycles. The summed E-state index contributed by atoms with van der Waals surface area (Å²) < 4.78 is 40.1. The Bertz CT molecular complexity index is 1820. The first kappa shape index (κ1) is 33.0. The molecule has 2 amide bonds. The third kappa shape index (κ3) is 7.37. The molecular formula is C35H42N4O6S. The van der Waals surface area contributed by atoms with Crippen LogP contribution in [-0.4, -0.2) is 88.4 Å². The Morgan fingerprint density at radius 2 is 1.61 bits per heavy atom. The number of benzene rings is 3. The van der Waals surface area contributed by atoms with Gasteiger partial charge < -0.3 is 19.4 Å². The van der Waals surface area contributed by atoms with Gasteiger partial charge in [0, 0.05) is 68.9 Å². The van der Waals surface area contributed by atoms with Gasteiger partial charge in [-0.3, -0.25) is 14.0 Å². The van der Waals surface area contributed by atoms with E-state index in [9.17, 15) is 18.0 Å². The Kier molecular flexibility index (Phi) is 9.46. The monoisotopic (exact) mass is 646 g/mol. The summed E-state index contributed by atoms with van der Waals surface area (Å²) in [5.41, 5.74) is 3.97. The topological polar surface area (TPSA) is 112 Å². The van der Waals surface area contributed by atoms with Gasteiger partial charge in [-0.05, 0) is 39.3 Å². The first-order valence-electron chi connectivity index (χ1n) is 15.4. The van der Waals surface area contributed by atoms with Crippen molar-refractivity contribution in [3.05, 3.63) is 77.9 Å². The molecule has 0 bridgehead atoms. The Morgan fingerprint density at radius 1 is 0.957 bits per heavy atom. The molecule has 46 heavy (non-hydrogen) atoms. The van der Waals surface area contributed by atoms with E-state index in [1.807, 2.05) is 88.4 Å². The summed E-state index contributed by atoms with van der Waals surface area (Å²) in [5, 5.41) is 3.32. The van der Waals surface area contributed by atoms with E-state index in [1.165, 1.54) is 10.6 Å². The molecule has 0 radical (unpaired) electrons. The fourth-order valence-corrected chi connectivity index (χ4v) is 6.55. The van der Waals surface area contributed by atoms with Crippen molar-refractivity contribution in [2.24, 2.45) is 0 Å². The standard InChI is InChI=1S/C35H42N4O6S/c1-24-12-14-26(15-13-24)32-31(33(40)36-5)28-22-27(25-10-8-7-9-11-25)29(23-30(28)44-32)39(46(6,42)43)21-18-37-16-19-38(20-17-37)34(41)45-35(2,3)4/h7-15,22-23H,16-21H2,1-6H3,(H,36,40). The second kappa shape index (κ2) is 13.2. The summed E-state index contributed by atoms with van der Waals surface area (Å²) in [6.07, 6.45) is 0.854. The molecule has 3 aromatic carbocycles. The number of carbonyl (C=O) groups is 2. The molecule has 1 saturated heterocycles. The van der Waals surface area contributed by atoms with E-state index in [-0.39, 0.29) is 18.5 Å². The van der Waals surface area contributed by atoms with Crippen LogP contribution in [0.5, 0.6) is 0 Å². The highest BCUT2D eigenvalue weighted by molar-refractivity contribution is 7.92. The minimum absolute atomic E-state index is 0.185. The van der Waals surface area contributed by atoms with Crippen LogP contribution >= 0.6 is 0 Å². The summed E-state index contributed by atoms with van der Waals surface area (Å²) in [4.78, 5) is 29.6. The van der Waals surface area contributed by atoms with Crippen molar-refractivity contribution < 1.29 is 27.2 Å².